The molecular weight excluding hydrogens is 206 g/mol. The molecule has 5 nitrogen and oxygen atoms in total. The predicted molar refractivity (Wildman–Crippen MR) is 48.4 cm³/mol. The fourth-order valence-corrected chi connectivity index (χ4v) is 2.68. The molecule has 0 spiro atoms. The average Bonchev–Trinajstić information content (AvgIpc) is 2.15. The third-order valence-electron chi connectivity index (χ3n) is 2.19. The number of carbonyl (C=O) groups excluding carboxylic acids is 2. The molecule has 1 unspecified atom stereocenters. The van der Waals surface area contributed by atoms with Crippen molar-refractivity contribution in [3.63, 3.8) is 0 Å². The first-order chi connectivity index (χ1) is 6.63. The summed E-state index contributed by atoms with van der Waals surface area (Å²) in [7, 11) is 0. The number of amides is 1. The maximum atomic E-state index is 11.0. The first-order valence-electron chi connectivity index (χ1n) is 4.00. The summed E-state index contributed by atoms with van der Waals surface area (Å²) in [4.78, 5) is 33.8. The predicted octanol–water partition coefficient (Wildman–Crippen LogP) is -0.172. The Morgan fingerprint density at radius 1 is 1.71 bits per heavy atom. The normalized spacial score (nSPS) is 30.1. The van der Waals surface area contributed by atoms with Gasteiger partial charge in [-0.3, -0.25) is 14.4 Å². The fraction of sp³-hybridized carbons (Fsp3) is 0.375. The molecule has 0 aromatic rings. The second kappa shape index (κ2) is 3.13. The van der Waals surface area contributed by atoms with Gasteiger partial charge in [-0.05, 0) is 0 Å². The van der Waals surface area contributed by atoms with Gasteiger partial charge in [-0.2, -0.15) is 0 Å². The number of thioether (sulfide) groups is 1. The Hall–Kier alpha value is -1.30. The second-order valence-electron chi connectivity index (χ2n) is 3.06. The molecule has 2 atom stereocenters. The first-order valence-corrected chi connectivity index (χ1v) is 4.94. The molecule has 1 N–H and O–H groups in total. The fourth-order valence-electron chi connectivity index (χ4n) is 1.43. The first kappa shape index (κ1) is 9.26. The Morgan fingerprint density at radius 3 is 2.93 bits per heavy atom. The topological polar surface area (TPSA) is 74.7 Å². The molecule has 2 aliphatic heterocycles. The summed E-state index contributed by atoms with van der Waals surface area (Å²) < 4.78 is 0. The van der Waals surface area contributed by atoms with Crippen LogP contribution in [0.1, 0.15) is 6.42 Å². The van der Waals surface area contributed by atoms with Crippen molar-refractivity contribution in [2.45, 2.75) is 17.0 Å². The SMILES string of the molecule is O=CC1=CN2C(=O)C[C@H]2SC1C(=O)O. The van der Waals surface area contributed by atoms with E-state index in [0.717, 1.165) is 11.8 Å². The number of fused-ring (bicyclic) bond motifs is 1. The van der Waals surface area contributed by atoms with Gasteiger partial charge in [0.2, 0.25) is 5.91 Å². The van der Waals surface area contributed by atoms with Gasteiger partial charge in [0.05, 0.1) is 11.8 Å². The number of aldehydes is 1. The number of β-lactam (4-membered cyclic amide) rings is 1. The number of carboxylic acid groups (broad SMARTS) is 1. The van der Waals surface area contributed by atoms with E-state index in [1.54, 1.807) is 0 Å². The zero-order valence-electron chi connectivity index (χ0n) is 7.04. The van der Waals surface area contributed by atoms with Crippen LogP contribution in [0.3, 0.4) is 0 Å². The number of hydrogen-bond acceptors (Lipinski definition) is 4. The Bertz CT molecular complexity index is 351. The van der Waals surface area contributed by atoms with E-state index in [1.165, 1.54) is 11.1 Å². The van der Waals surface area contributed by atoms with E-state index in [0.29, 0.717) is 12.7 Å². The van der Waals surface area contributed by atoms with Crippen LogP contribution in [0.15, 0.2) is 11.8 Å². The second-order valence-corrected chi connectivity index (χ2v) is 4.35. The molecule has 1 saturated heterocycles. The van der Waals surface area contributed by atoms with Crippen molar-refractivity contribution in [1.82, 2.24) is 4.90 Å². The minimum atomic E-state index is -1.03. The standard InChI is InChI=1S/C8H7NO4S/c10-3-4-2-9-5(11)1-6(9)14-7(4)8(12)13/h2-3,6-7H,1H2,(H,12,13)/t6-,7?/m1/s1. The van der Waals surface area contributed by atoms with Crippen molar-refractivity contribution in [3.8, 4) is 0 Å². The summed E-state index contributed by atoms with van der Waals surface area (Å²) in [5, 5.41) is 7.87. The largest absolute Gasteiger partial charge is 0.480 e. The van der Waals surface area contributed by atoms with Gasteiger partial charge in [0.1, 0.15) is 11.5 Å². The van der Waals surface area contributed by atoms with E-state index in [9.17, 15) is 14.4 Å². The molecule has 6 heteroatoms. The number of rotatable bonds is 2. The molecule has 2 heterocycles. The van der Waals surface area contributed by atoms with Crippen LogP contribution in [0.4, 0.5) is 0 Å². The summed E-state index contributed by atoms with van der Waals surface area (Å²) >= 11 is 1.13. The van der Waals surface area contributed by atoms with E-state index in [2.05, 4.69) is 0 Å². The van der Waals surface area contributed by atoms with Crippen LogP contribution in [0, 0.1) is 0 Å². The molecule has 2 aliphatic rings. The Balaban J connectivity index is 2.27. The van der Waals surface area contributed by atoms with E-state index in [4.69, 9.17) is 5.11 Å². The van der Waals surface area contributed by atoms with Crippen molar-refractivity contribution < 1.29 is 19.5 Å². The molecule has 0 radical (unpaired) electrons. The van der Waals surface area contributed by atoms with Crippen LogP contribution in [0.25, 0.3) is 0 Å². The van der Waals surface area contributed by atoms with Crippen molar-refractivity contribution >= 4 is 29.9 Å². The molecule has 0 saturated carbocycles. The Morgan fingerprint density at radius 2 is 2.43 bits per heavy atom. The van der Waals surface area contributed by atoms with Crippen LogP contribution in [0.5, 0.6) is 0 Å². The summed E-state index contributed by atoms with van der Waals surface area (Å²) in [5.41, 5.74) is 0.145. The number of carbonyl (C=O) groups is 3. The molecule has 74 valence electrons. The van der Waals surface area contributed by atoms with Crippen LogP contribution in [-0.4, -0.2) is 38.8 Å². The third kappa shape index (κ3) is 1.22. The number of aliphatic carboxylic acids is 1. The third-order valence-corrected chi connectivity index (χ3v) is 3.65. The van der Waals surface area contributed by atoms with E-state index in [-0.39, 0.29) is 16.9 Å². The zero-order valence-corrected chi connectivity index (χ0v) is 7.86. The van der Waals surface area contributed by atoms with Crippen LogP contribution >= 0.6 is 11.8 Å². The molecule has 1 fully saturated rings. The van der Waals surface area contributed by atoms with E-state index in [1.807, 2.05) is 0 Å². The van der Waals surface area contributed by atoms with Crippen molar-refractivity contribution in [1.29, 1.82) is 0 Å². The maximum Gasteiger partial charge on any atom is 0.321 e. The van der Waals surface area contributed by atoms with Gasteiger partial charge in [0.15, 0.2) is 0 Å². The summed E-state index contributed by atoms with van der Waals surface area (Å²) in [6.07, 6.45) is 2.20. The Labute approximate surface area is 83.8 Å². The number of carboxylic acids is 1. The Kier molecular flexibility index (Phi) is 2.07. The van der Waals surface area contributed by atoms with Crippen molar-refractivity contribution in [2.24, 2.45) is 0 Å². The highest BCUT2D eigenvalue weighted by Gasteiger charge is 2.43. The molecular formula is C8H7NO4S. The van der Waals surface area contributed by atoms with Gasteiger partial charge >= 0.3 is 5.97 Å². The molecule has 0 aromatic heterocycles. The highest BCUT2D eigenvalue weighted by atomic mass is 32.2. The number of nitrogens with zero attached hydrogens (tertiary/aromatic N) is 1. The molecule has 2 rings (SSSR count). The quantitative estimate of drug-likeness (QED) is 0.509. The maximum absolute atomic E-state index is 11.0. The number of hydrogen-bond donors (Lipinski definition) is 1. The molecule has 0 bridgehead atoms. The van der Waals surface area contributed by atoms with Crippen molar-refractivity contribution in [2.75, 3.05) is 0 Å². The molecule has 0 aliphatic carbocycles. The monoisotopic (exact) mass is 213 g/mol. The van der Waals surface area contributed by atoms with Crippen LogP contribution in [0.2, 0.25) is 0 Å². The minimum absolute atomic E-state index is 0.0642. The average molecular weight is 213 g/mol. The minimum Gasteiger partial charge on any atom is -0.480 e. The lowest BCUT2D eigenvalue weighted by molar-refractivity contribution is -0.139. The van der Waals surface area contributed by atoms with Gasteiger partial charge in [-0.25, -0.2) is 0 Å². The van der Waals surface area contributed by atoms with Gasteiger partial charge < -0.3 is 10.0 Å². The highest BCUT2D eigenvalue weighted by Crippen LogP contribution is 2.39. The lowest BCUT2D eigenvalue weighted by Crippen LogP contribution is -2.51. The summed E-state index contributed by atoms with van der Waals surface area (Å²) in [6, 6.07) is 0. The smallest absolute Gasteiger partial charge is 0.321 e. The molecule has 1 amide bonds. The zero-order chi connectivity index (χ0) is 10.3. The van der Waals surface area contributed by atoms with Gasteiger partial charge in [-0.15, -0.1) is 11.8 Å². The van der Waals surface area contributed by atoms with Gasteiger partial charge in [-0.1, -0.05) is 0 Å². The lowest BCUT2D eigenvalue weighted by Gasteiger charge is -2.42. The van der Waals surface area contributed by atoms with Gasteiger partial charge in [0, 0.05) is 11.8 Å². The lowest BCUT2D eigenvalue weighted by atomic mass is 10.1. The van der Waals surface area contributed by atoms with Crippen molar-refractivity contribution in [3.05, 3.63) is 11.8 Å². The van der Waals surface area contributed by atoms with Crippen LogP contribution in [-0.2, 0) is 14.4 Å². The van der Waals surface area contributed by atoms with E-state index < -0.39 is 11.2 Å². The van der Waals surface area contributed by atoms with Crippen LogP contribution < -0.4 is 0 Å². The van der Waals surface area contributed by atoms with Gasteiger partial charge in [0.25, 0.3) is 0 Å². The molecule has 0 aromatic carbocycles. The summed E-state index contributed by atoms with van der Waals surface area (Å²) in [5.74, 6) is -1.10. The van der Waals surface area contributed by atoms with E-state index >= 15 is 0 Å². The summed E-state index contributed by atoms with van der Waals surface area (Å²) in [6.45, 7) is 0. The highest BCUT2D eigenvalue weighted by molar-refractivity contribution is 8.01. The molecule has 14 heavy (non-hydrogen) atoms.